The highest BCUT2D eigenvalue weighted by atomic mass is 16.5. The van der Waals surface area contributed by atoms with E-state index in [9.17, 15) is 14.7 Å². The van der Waals surface area contributed by atoms with Gasteiger partial charge in [0.05, 0.1) is 38.1 Å². The molecule has 2 aromatic carbocycles. The quantitative estimate of drug-likeness (QED) is 0.421. The number of likely N-dealkylation sites (N-methyl/N-ethyl adjacent to an activating group) is 1. The molecular weight excluding hydrogens is 472 g/mol. The Bertz CT molecular complexity index is 1200. The van der Waals surface area contributed by atoms with Crippen molar-refractivity contribution in [2.75, 3.05) is 52.4 Å². The van der Waals surface area contributed by atoms with Crippen LogP contribution in [0.1, 0.15) is 65.1 Å². The second kappa shape index (κ2) is 11.2. The molecule has 9 heteroatoms. The number of ether oxygens (including phenoxy) is 2. The predicted molar refractivity (Wildman–Crippen MR) is 145 cm³/mol. The number of hydrogen-bond donors (Lipinski definition) is 3. The molecule has 9 nitrogen and oxygen atoms in total. The number of aliphatic hydroxyl groups excluding tert-OH is 1. The van der Waals surface area contributed by atoms with E-state index in [2.05, 4.69) is 26.1 Å². The van der Waals surface area contributed by atoms with Crippen LogP contribution < -0.4 is 19.7 Å². The molecule has 3 N–H and O–H groups in total. The van der Waals surface area contributed by atoms with E-state index in [0.717, 1.165) is 16.8 Å². The maximum Gasteiger partial charge on any atom is 0.254 e. The van der Waals surface area contributed by atoms with Crippen LogP contribution in [0.25, 0.3) is 0 Å². The Morgan fingerprint density at radius 1 is 1.22 bits per heavy atom. The van der Waals surface area contributed by atoms with Crippen LogP contribution in [0.15, 0.2) is 24.3 Å². The minimum absolute atomic E-state index is 0.00581. The molecule has 0 atom stereocenters. The Morgan fingerprint density at radius 2 is 1.92 bits per heavy atom. The van der Waals surface area contributed by atoms with Crippen LogP contribution >= 0.6 is 0 Å². The lowest BCUT2D eigenvalue weighted by atomic mass is 9.84. The first-order valence-corrected chi connectivity index (χ1v) is 12.4. The first-order valence-electron chi connectivity index (χ1n) is 12.4. The molecule has 0 spiro atoms. The van der Waals surface area contributed by atoms with Gasteiger partial charge in [0.25, 0.3) is 5.91 Å². The van der Waals surface area contributed by atoms with Crippen molar-refractivity contribution < 1.29 is 24.2 Å². The van der Waals surface area contributed by atoms with Crippen molar-refractivity contribution in [2.45, 2.75) is 39.7 Å². The summed E-state index contributed by atoms with van der Waals surface area (Å²) in [5.74, 6) is 0.898. The van der Waals surface area contributed by atoms with Gasteiger partial charge in [-0.25, -0.2) is 0 Å². The van der Waals surface area contributed by atoms with Gasteiger partial charge in [0, 0.05) is 43.9 Å². The van der Waals surface area contributed by atoms with Crippen LogP contribution in [-0.4, -0.2) is 75.0 Å². The number of Topliss-reactive ketones (excluding diaryl/α,β-unsaturated/α-hetero) is 1. The lowest BCUT2D eigenvalue weighted by Crippen LogP contribution is -2.31. The lowest BCUT2D eigenvalue weighted by Gasteiger charge is -2.29. The Labute approximate surface area is 218 Å². The SMILES string of the molecule is CCOc1cc2c(cc1C(=O)NC)C(=N)N(CC(=O)c1cc(N(C)CCO)c(OC)c(C(C)(C)C)c1)C2. The van der Waals surface area contributed by atoms with Crippen molar-refractivity contribution in [2.24, 2.45) is 0 Å². The molecule has 0 radical (unpaired) electrons. The van der Waals surface area contributed by atoms with Crippen LogP contribution in [0.3, 0.4) is 0 Å². The number of nitrogens with zero attached hydrogens (tertiary/aromatic N) is 2. The number of amides is 1. The zero-order chi connectivity index (χ0) is 27.5. The molecule has 1 heterocycles. The number of carbonyl (C=O) groups is 2. The Balaban J connectivity index is 1.96. The first kappa shape index (κ1) is 28.0. The summed E-state index contributed by atoms with van der Waals surface area (Å²) in [7, 11) is 5.00. The molecule has 37 heavy (non-hydrogen) atoms. The van der Waals surface area contributed by atoms with E-state index in [4.69, 9.17) is 14.9 Å². The van der Waals surface area contributed by atoms with Gasteiger partial charge in [-0.3, -0.25) is 15.0 Å². The number of nitrogens with one attached hydrogen (secondary N) is 2. The average Bonchev–Trinajstić information content (AvgIpc) is 3.15. The Kier molecular flexibility index (Phi) is 8.48. The molecule has 0 fully saturated rings. The van der Waals surface area contributed by atoms with Crippen LogP contribution in [0.2, 0.25) is 0 Å². The van der Waals surface area contributed by atoms with E-state index < -0.39 is 0 Å². The normalized spacial score (nSPS) is 12.9. The molecule has 200 valence electrons. The molecule has 3 rings (SSSR count). The third kappa shape index (κ3) is 5.72. The van der Waals surface area contributed by atoms with Crippen LogP contribution in [0.5, 0.6) is 11.5 Å². The molecule has 0 bridgehead atoms. The van der Waals surface area contributed by atoms with E-state index in [-0.39, 0.29) is 36.1 Å². The molecule has 1 amide bonds. The monoisotopic (exact) mass is 510 g/mol. The maximum absolute atomic E-state index is 13.6. The summed E-state index contributed by atoms with van der Waals surface area (Å²) in [6.07, 6.45) is 0. The van der Waals surface area contributed by atoms with Gasteiger partial charge in [-0.15, -0.1) is 0 Å². The van der Waals surface area contributed by atoms with E-state index in [1.807, 2.05) is 24.9 Å². The fraction of sp³-hybridized carbons (Fsp3) is 0.464. The fourth-order valence-corrected chi connectivity index (χ4v) is 4.51. The fourth-order valence-electron chi connectivity index (χ4n) is 4.51. The summed E-state index contributed by atoms with van der Waals surface area (Å²) in [4.78, 5) is 29.5. The smallest absolute Gasteiger partial charge is 0.254 e. The number of methoxy groups -OCH3 is 1. The van der Waals surface area contributed by atoms with Gasteiger partial charge in [-0.05, 0) is 42.2 Å². The first-order chi connectivity index (χ1) is 17.5. The van der Waals surface area contributed by atoms with Crippen molar-refractivity contribution in [3.8, 4) is 11.5 Å². The summed E-state index contributed by atoms with van der Waals surface area (Å²) in [6, 6.07) is 7.10. The minimum Gasteiger partial charge on any atom is -0.494 e. The van der Waals surface area contributed by atoms with Gasteiger partial charge in [-0.2, -0.15) is 0 Å². The summed E-state index contributed by atoms with van der Waals surface area (Å²) >= 11 is 0. The number of rotatable bonds is 10. The van der Waals surface area contributed by atoms with E-state index in [1.165, 1.54) is 0 Å². The number of ketones is 1. The van der Waals surface area contributed by atoms with Crippen molar-refractivity contribution in [3.05, 3.63) is 52.1 Å². The standard InChI is InChI=1S/C28H38N4O5/c1-8-37-24-13-18-15-32(26(29)19(18)14-20(24)27(35)30-5)16-23(34)17-11-21(28(2,3)4)25(36-7)22(12-17)31(6)9-10-33/h11-14,29,33H,8-10,15-16H2,1-7H3,(H,30,35). The molecule has 2 aromatic rings. The largest absolute Gasteiger partial charge is 0.494 e. The molecule has 0 aromatic heterocycles. The van der Waals surface area contributed by atoms with Crippen LogP contribution in [-0.2, 0) is 12.0 Å². The van der Waals surface area contributed by atoms with E-state index in [1.54, 1.807) is 37.3 Å². The Morgan fingerprint density at radius 3 is 2.49 bits per heavy atom. The number of carbonyl (C=O) groups excluding carboxylic acids is 2. The van der Waals surface area contributed by atoms with Crippen LogP contribution in [0.4, 0.5) is 5.69 Å². The molecule has 1 aliphatic heterocycles. The molecular formula is C28H38N4O5. The highest BCUT2D eigenvalue weighted by Gasteiger charge is 2.31. The number of anilines is 1. The second-order valence-corrected chi connectivity index (χ2v) is 10.1. The summed E-state index contributed by atoms with van der Waals surface area (Å²) in [6.45, 7) is 9.15. The second-order valence-electron chi connectivity index (χ2n) is 10.1. The summed E-state index contributed by atoms with van der Waals surface area (Å²) < 4.78 is 11.4. The third-order valence-electron chi connectivity index (χ3n) is 6.49. The number of fused-ring (bicyclic) bond motifs is 1. The number of hydrogen-bond acceptors (Lipinski definition) is 7. The number of aliphatic hydroxyl groups is 1. The van der Waals surface area contributed by atoms with Crippen LogP contribution in [0, 0.1) is 5.41 Å². The average molecular weight is 511 g/mol. The molecule has 1 aliphatic rings. The molecule has 0 saturated carbocycles. The molecule has 0 saturated heterocycles. The van der Waals surface area contributed by atoms with Gasteiger partial charge < -0.3 is 29.7 Å². The predicted octanol–water partition coefficient (Wildman–Crippen LogP) is 3.20. The highest BCUT2D eigenvalue weighted by molar-refractivity contribution is 6.08. The van der Waals surface area contributed by atoms with Gasteiger partial charge >= 0.3 is 0 Å². The molecule has 0 aliphatic carbocycles. The maximum atomic E-state index is 13.6. The molecule has 0 unspecified atom stereocenters. The van der Waals surface area contributed by atoms with E-state index in [0.29, 0.717) is 47.9 Å². The number of amidine groups is 1. The van der Waals surface area contributed by atoms with Crippen molar-refractivity contribution >= 4 is 23.2 Å². The summed E-state index contributed by atoms with van der Waals surface area (Å²) in [5.41, 5.74) is 3.64. The van der Waals surface area contributed by atoms with Gasteiger partial charge in [0.15, 0.2) is 5.78 Å². The van der Waals surface area contributed by atoms with Gasteiger partial charge in [0.1, 0.15) is 17.3 Å². The van der Waals surface area contributed by atoms with Gasteiger partial charge in [0.2, 0.25) is 0 Å². The highest BCUT2D eigenvalue weighted by Crippen LogP contribution is 2.40. The van der Waals surface area contributed by atoms with Crippen molar-refractivity contribution in [1.29, 1.82) is 5.41 Å². The Hall–Kier alpha value is -3.59. The summed E-state index contributed by atoms with van der Waals surface area (Å²) in [5, 5.41) is 20.8. The zero-order valence-electron chi connectivity index (χ0n) is 22.8. The van der Waals surface area contributed by atoms with Gasteiger partial charge in [-0.1, -0.05) is 20.8 Å². The van der Waals surface area contributed by atoms with E-state index >= 15 is 0 Å². The minimum atomic E-state index is -0.293. The topological polar surface area (TPSA) is 115 Å². The number of benzene rings is 2. The third-order valence-corrected chi connectivity index (χ3v) is 6.49. The lowest BCUT2D eigenvalue weighted by molar-refractivity contribution is 0.0953. The van der Waals surface area contributed by atoms with Crippen molar-refractivity contribution in [3.63, 3.8) is 0 Å². The zero-order valence-corrected chi connectivity index (χ0v) is 22.8. The van der Waals surface area contributed by atoms with Crippen molar-refractivity contribution in [1.82, 2.24) is 10.2 Å².